The van der Waals surface area contributed by atoms with Gasteiger partial charge in [0.05, 0.1) is 5.69 Å². The number of nitrogens with one attached hydrogen (secondary N) is 1. The first-order valence-electron chi connectivity index (χ1n) is 7.50. The number of thiazole rings is 1. The van der Waals surface area contributed by atoms with E-state index in [1.54, 1.807) is 24.3 Å². The molecule has 0 radical (unpaired) electrons. The summed E-state index contributed by atoms with van der Waals surface area (Å²) in [6.45, 7) is 8.99. The summed E-state index contributed by atoms with van der Waals surface area (Å²) in [5, 5.41) is 4.22. The second-order valence-electron chi connectivity index (χ2n) is 5.61. The van der Waals surface area contributed by atoms with E-state index in [2.05, 4.69) is 31.1 Å². The molecule has 0 aliphatic rings. The van der Waals surface area contributed by atoms with Crippen molar-refractivity contribution in [3.05, 3.63) is 40.2 Å². The first-order chi connectivity index (χ1) is 10.0. The summed E-state index contributed by atoms with van der Waals surface area (Å²) >= 11 is 1.60. The van der Waals surface area contributed by atoms with E-state index in [4.69, 9.17) is 0 Å². The first-order valence-corrected chi connectivity index (χ1v) is 8.32. The quantitative estimate of drug-likeness (QED) is 0.836. The fourth-order valence-electron chi connectivity index (χ4n) is 2.18. The largest absolute Gasteiger partial charge is 0.310 e. The molecule has 4 heteroatoms. The minimum Gasteiger partial charge on any atom is -0.310 e. The Hall–Kier alpha value is -1.26. The molecule has 0 bridgehead atoms. The van der Waals surface area contributed by atoms with Crippen molar-refractivity contribution in [2.45, 2.75) is 53.1 Å². The number of nitrogens with zero attached hydrogens (tertiary/aromatic N) is 1. The Morgan fingerprint density at radius 2 is 2.10 bits per heavy atom. The molecule has 0 aliphatic carbocycles. The van der Waals surface area contributed by atoms with Crippen LogP contribution in [0.25, 0.3) is 10.6 Å². The predicted molar refractivity (Wildman–Crippen MR) is 88.2 cm³/mol. The molecule has 2 aromatic rings. The van der Waals surface area contributed by atoms with E-state index >= 15 is 0 Å². The zero-order valence-electron chi connectivity index (χ0n) is 13.2. The molecule has 21 heavy (non-hydrogen) atoms. The maximum Gasteiger partial charge on any atom is 0.136 e. The van der Waals surface area contributed by atoms with Crippen LogP contribution in [0, 0.1) is 12.7 Å². The molecule has 0 spiro atoms. The Kier molecular flexibility index (Phi) is 5.48. The lowest BCUT2D eigenvalue weighted by molar-refractivity contribution is 0.589. The standard InChI is InChI=1S/C17H23FN2S/c1-5-7-14-15(10-19-11(2)3)21-17(20-14)13-9-6-8-12(4)16(13)18/h6,8-9,11,19H,5,7,10H2,1-4H3. The number of rotatable bonds is 6. The topological polar surface area (TPSA) is 24.9 Å². The summed E-state index contributed by atoms with van der Waals surface area (Å²) in [4.78, 5) is 5.91. The lowest BCUT2D eigenvalue weighted by atomic mass is 10.1. The van der Waals surface area contributed by atoms with Gasteiger partial charge in [0.15, 0.2) is 0 Å². The molecule has 1 heterocycles. The van der Waals surface area contributed by atoms with Crippen molar-refractivity contribution in [2.75, 3.05) is 0 Å². The molecule has 1 N–H and O–H groups in total. The van der Waals surface area contributed by atoms with Gasteiger partial charge >= 0.3 is 0 Å². The average Bonchev–Trinajstić information content (AvgIpc) is 2.83. The molecule has 0 fully saturated rings. The van der Waals surface area contributed by atoms with Crippen LogP contribution in [0.1, 0.15) is 43.3 Å². The molecule has 0 saturated heterocycles. The molecular weight excluding hydrogens is 283 g/mol. The second kappa shape index (κ2) is 7.14. The van der Waals surface area contributed by atoms with Crippen LogP contribution in [-0.4, -0.2) is 11.0 Å². The fourth-order valence-corrected chi connectivity index (χ4v) is 3.26. The van der Waals surface area contributed by atoms with Crippen LogP contribution in [-0.2, 0) is 13.0 Å². The molecule has 0 amide bonds. The highest BCUT2D eigenvalue weighted by Gasteiger charge is 2.15. The van der Waals surface area contributed by atoms with E-state index in [1.165, 1.54) is 4.88 Å². The normalized spacial score (nSPS) is 11.3. The van der Waals surface area contributed by atoms with E-state index in [0.29, 0.717) is 17.2 Å². The smallest absolute Gasteiger partial charge is 0.136 e. The van der Waals surface area contributed by atoms with Gasteiger partial charge in [0.2, 0.25) is 0 Å². The summed E-state index contributed by atoms with van der Waals surface area (Å²) in [5.74, 6) is -0.155. The zero-order valence-corrected chi connectivity index (χ0v) is 14.0. The average molecular weight is 306 g/mol. The summed E-state index contributed by atoms with van der Waals surface area (Å²) in [6, 6.07) is 5.93. The maximum atomic E-state index is 14.3. The molecule has 0 atom stereocenters. The van der Waals surface area contributed by atoms with Crippen molar-refractivity contribution in [3.63, 3.8) is 0 Å². The molecular formula is C17H23FN2S. The van der Waals surface area contributed by atoms with Gasteiger partial charge in [-0.1, -0.05) is 39.3 Å². The molecule has 2 nitrogen and oxygen atoms in total. The van der Waals surface area contributed by atoms with E-state index in [-0.39, 0.29) is 5.82 Å². The highest BCUT2D eigenvalue weighted by atomic mass is 32.1. The van der Waals surface area contributed by atoms with Gasteiger partial charge in [-0.15, -0.1) is 11.3 Å². The predicted octanol–water partition coefficient (Wildman–Crippen LogP) is 4.71. The van der Waals surface area contributed by atoms with Crippen LogP contribution in [0.5, 0.6) is 0 Å². The van der Waals surface area contributed by atoms with Crippen LogP contribution in [0.4, 0.5) is 4.39 Å². The number of benzene rings is 1. The SMILES string of the molecule is CCCc1nc(-c2cccc(C)c2F)sc1CNC(C)C. The van der Waals surface area contributed by atoms with E-state index in [0.717, 1.165) is 30.1 Å². The second-order valence-corrected chi connectivity index (χ2v) is 6.69. The molecule has 2 rings (SSSR count). The van der Waals surface area contributed by atoms with E-state index in [1.807, 2.05) is 12.1 Å². The van der Waals surface area contributed by atoms with Gasteiger partial charge in [-0.05, 0) is 25.0 Å². The third-order valence-corrected chi connectivity index (χ3v) is 4.49. The van der Waals surface area contributed by atoms with Crippen LogP contribution < -0.4 is 5.32 Å². The van der Waals surface area contributed by atoms with Gasteiger partial charge in [0.25, 0.3) is 0 Å². The summed E-state index contributed by atoms with van der Waals surface area (Å²) in [5.41, 5.74) is 2.39. The highest BCUT2D eigenvalue weighted by Crippen LogP contribution is 2.31. The van der Waals surface area contributed by atoms with Crippen molar-refractivity contribution in [1.82, 2.24) is 10.3 Å². The first kappa shape index (κ1) is 16.1. The van der Waals surface area contributed by atoms with Gasteiger partial charge in [-0.25, -0.2) is 9.37 Å². The lowest BCUT2D eigenvalue weighted by Crippen LogP contribution is -2.21. The van der Waals surface area contributed by atoms with Gasteiger partial charge < -0.3 is 5.32 Å². The van der Waals surface area contributed by atoms with Crippen LogP contribution in [0.2, 0.25) is 0 Å². The van der Waals surface area contributed by atoms with Crippen LogP contribution >= 0.6 is 11.3 Å². The third kappa shape index (κ3) is 3.89. The van der Waals surface area contributed by atoms with Crippen molar-refractivity contribution in [2.24, 2.45) is 0 Å². The Balaban J connectivity index is 2.36. The van der Waals surface area contributed by atoms with Crippen molar-refractivity contribution >= 4 is 11.3 Å². The Bertz CT molecular complexity index is 605. The number of hydrogen-bond acceptors (Lipinski definition) is 3. The molecule has 114 valence electrons. The highest BCUT2D eigenvalue weighted by molar-refractivity contribution is 7.15. The summed E-state index contributed by atoms with van der Waals surface area (Å²) in [7, 11) is 0. The zero-order chi connectivity index (χ0) is 15.4. The van der Waals surface area contributed by atoms with Gasteiger partial charge in [0, 0.05) is 23.0 Å². The monoisotopic (exact) mass is 306 g/mol. The summed E-state index contributed by atoms with van der Waals surface area (Å²) in [6.07, 6.45) is 1.99. The van der Waals surface area contributed by atoms with Crippen LogP contribution in [0.15, 0.2) is 18.2 Å². The lowest BCUT2D eigenvalue weighted by Gasteiger charge is -2.07. The van der Waals surface area contributed by atoms with Crippen molar-refractivity contribution in [3.8, 4) is 10.6 Å². The Morgan fingerprint density at radius 1 is 1.33 bits per heavy atom. The Morgan fingerprint density at radius 3 is 2.76 bits per heavy atom. The van der Waals surface area contributed by atoms with Gasteiger partial charge in [0.1, 0.15) is 10.8 Å². The molecule has 0 saturated carbocycles. The number of aromatic nitrogens is 1. The van der Waals surface area contributed by atoms with Gasteiger partial charge in [-0.2, -0.15) is 0 Å². The molecule has 1 aromatic carbocycles. The number of hydrogen-bond donors (Lipinski definition) is 1. The minimum absolute atomic E-state index is 0.155. The maximum absolute atomic E-state index is 14.3. The Labute approximate surface area is 130 Å². The van der Waals surface area contributed by atoms with Crippen molar-refractivity contribution in [1.29, 1.82) is 0 Å². The number of aryl methyl sites for hydroxylation is 2. The minimum atomic E-state index is -0.155. The fraction of sp³-hybridized carbons (Fsp3) is 0.471. The third-order valence-electron chi connectivity index (χ3n) is 3.36. The van der Waals surface area contributed by atoms with Crippen LogP contribution in [0.3, 0.4) is 0 Å². The molecule has 0 aliphatic heterocycles. The van der Waals surface area contributed by atoms with E-state index < -0.39 is 0 Å². The molecule has 0 unspecified atom stereocenters. The van der Waals surface area contributed by atoms with E-state index in [9.17, 15) is 4.39 Å². The number of halogens is 1. The molecule has 1 aromatic heterocycles. The van der Waals surface area contributed by atoms with Gasteiger partial charge in [-0.3, -0.25) is 0 Å². The van der Waals surface area contributed by atoms with Crippen molar-refractivity contribution < 1.29 is 4.39 Å². The summed E-state index contributed by atoms with van der Waals surface area (Å²) < 4.78 is 14.3.